The molecule has 0 spiro atoms. The van der Waals surface area contributed by atoms with Crippen LogP contribution in [0.1, 0.15) is 0 Å². The van der Waals surface area contributed by atoms with Gasteiger partial charge in [0.1, 0.15) is 5.69 Å². The second-order valence-corrected chi connectivity index (χ2v) is 4.39. The average molecular weight is 233 g/mol. The van der Waals surface area contributed by atoms with Gasteiger partial charge in [-0.3, -0.25) is 5.10 Å². The third-order valence-corrected chi connectivity index (χ3v) is 3.26. The molecule has 18 heavy (non-hydrogen) atoms. The maximum absolute atomic E-state index is 4.40. The van der Waals surface area contributed by atoms with E-state index in [9.17, 15) is 0 Å². The molecule has 0 fully saturated rings. The molecule has 4 aromatic rings. The molecule has 0 radical (unpaired) electrons. The second-order valence-electron chi connectivity index (χ2n) is 4.39. The van der Waals surface area contributed by atoms with Gasteiger partial charge in [0, 0.05) is 16.3 Å². The molecule has 0 amide bonds. The maximum atomic E-state index is 4.40. The molecular weight excluding hydrogens is 222 g/mol. The summed E-state index contributed by atoms with van der Waals surface area (Å²) in [6.45, 7) is 0. The summed E-state index contributed by atoms with van der Waals surface area (Å²) in [7, 11) is 0. The summed E-state index contributed by atoms with van der Waals surface area (Å²) in [6, 6.07) is 18.6. The Hall–Kier alpha value is -2.55. The van der Waals surface area contributed by atoms with Crippen LogP contribution in [0.2, 0.25) is 0 Å². The van der Waals surface area contributed by atoms with Crippen molar-refractivity contribution in [1.82, 2.24) is 15.2 Å². The number of nitrogens with zero attached hydrogens (tertiary/aromatic N) is 1. The normalized spacial score (nSPS) is 11.3. The smallest absolute Gasteiger partial charge is 0.116 e. The van der Waals surface area contributed by atoms with Crippen molar-refractivity contribution in [2.24, 2.45) is 0 Å². The first-order valence-corrected chi connectivity index (χ1v) is 5.93. The molecular formula is C15H11N3. The van der Waals surface area contributed by atoms with Crippen LogP contribution in [0.4, 0.5) is 0 Å². The van der Waals surface area contributed by atoms with Gasteiger partial charge in [0.05, 0.1) is 11.2 Å². The molecule has 2 aromatic heterocycles. The number of hydrogen-bond acceptors (Lipinski definition) is 1. The zero-order valence-electron chi connectivity index (χ0n) is 9.64. The van der Waals surface area contributed by atoms with Gasteiger partial charge < -0.3 is 4.98 Å². The molecule has 0 aliphatic carbocycles. The van der Waals surface area contributed by atoms with Crippen LogP contribution in [0.25, 0.3) is 33.2 Å². The molecule has 2 aromatic carbocycles. The molecule has 0 saturated carbocycles. The molecule has 2 heterocycles. The number of rotatable bonds is 1. The third-order valence-electron chi connectivity index (χ3n) is 3.26. The van der Waals surface area contributed by atoms with Gasteiger partial charge in [-0.1, -0.05) is 36.4 Å². The van der Waals surface area contributed by atoms with Gasteiger partial charge in [-0.25, -0.2) is 0 Å². The molecule has 0 saturated heterocycles. The quantitative estimate of drug-likeness (QED) is 0.517. The summed E-state index contributed by atoms with van der Waals surface area (Å²) in [6.07, 6.45) is 0. The Morgan fingerprint density at radius 3 is 2.50 bits per heavy atom. The third kappa shape index (κ3) is 1.27. The molecule has 3 nitrogen and oxygen atoms in total. The minimum Gasteiger partial charge on any atom is -0.353 e. The zero-order chi connectivity index (χ0) is 11.9. The Morgan fingerprint density at radius 1 is 0.833 bits per heavy atom. The lowest BCUT2D eigenvalue weighted by Gasteiger charge is -1.92. The predicted octanol–water partition coefficient (Wildman–Crippen LogP) is 3.71. The van der Waals surface area contributed by atoms with Crippen molar-refractivity contribution in [2.75, 3.05) is 0 Å². The van der Waals surface area contributed by atoms with Crippen molar-refractivity contribution in [2.45, 2.75) is 0 Å². The lowest BCUT2D eigenvalue weighted by molar-refractivity contribution is 1.12. The number of para-hydroxylation sites is 2. The van der Waals surface area contributed by atoms with Crippen molar-refractivity contribution in [1.29, 1.82) is 0 Å². The van der Waals surface area contributed by atoms with Crippen LogP contribution in [0.5, 0.6) is 0 Å². The van der Waals surface area contributed by atoms with Crippen LogP contribution in [-0.2, 0) is 0 Å². The van der Waals surface area contributed by atoms with E-state index in [1.165, 1.54) is 5.39 Å². The summed E-state index contributed by atoms with van der Waals surface area (Å²) in [5.41, 5.74) is 4.22. The number of hydrogen-bond donors (Lipinski definition) is 2. The molecule has 2 N–H and O–H groups in total. The van der Waals surface area contributed by atoms with Crippen molar-refractivity contribution >= 4 is 21.8 Å². The van der Waals surface area contributed by atoms with E-state index in [1.54, 1.807) is 0 Å². The first-order valence-electron chi connectivity index (χ1n) is 5.93. The van der Waals surface area contributed by atoms with Crippen LogP contribution in [0.3, 0.4) is 0 Å². The molecule has 0 aliphatic heterocycles. The Bertz CT molecular complexity index is 806. The Balaban J connectivity index is 2.01. The number of benzene rings is 2. The molecule has 0 unspecified atom stereocenters. The van der Waals surface area contributed by atoms with E-state index in [4.69, 9.17) is 0 Å². The van der Waals surface area contributed by atoms with Gasteiger partial charge in [0.25, 0.3) is 0 Å². The van der Waals surface area contributed by atoms with E-state index in [2.05, 4.69) is 39.4 Å². The number of nitrogens with one attached hydrogen (secondary N) is 2. The second kappa shape index (κ2) is 3.47. The average Bonchev–Trinajstić information content (AvgIpc) is 3.02. The maximum Gasteiger partial charge on any atom is 0.116 e. The van der Waals surface area contributed by atoms with E-state index in [1.807, 2.05) is 30.3 Å². The number of fused-ring (bicyclic) bond motifs is 2. The molecule has 3 heteroatoms. The van der Waals surface area contributed by atoms with Crippen molar-refractivity contribution in [3.63, 3.8) is 0 Å². The molecule has 86 valence electrons. The number of H-pyrrole nitrogens is 2. The standard InChI is InChI=1S/C15H11N3/c1-3-7-12-10(5-1)9-14(16-12)15-11-6-2-4-8-13(11)17-18-15/h1-9,16H,(H,17,18). The molecule has 4 rings (SSSR count). The van der Waals surface area contributed by atoms with Crippen LogP contribution in [0, 0.1) is 0 Å². The van der Waals surface area contributed by atoms with Gasteiger partial charge >= 0.3 is 0 Å². The Morgan fingerprint density at radius 2 is 1.61 bits per heavy atom. The van der Waals surface area contributed by atoms with E-state index < -0.39 is 0 Å². The summed E-state index contributed by atoms with van der Waals surface area (Å²) >= 11 is 0. The largest absolute Gasteiger partial charge is 0.353 e. The topological polar surface area (TPSA) is 44.5 Å². The SMILES string of the molecule is c1ccc2[nH]c(-c3n[nH]c4ccccc34)cc2c1. The first kappa shape index (κ1) is 9.48. The summed E-state index contributed by atoms with van der Waals surface area (Å²) in [5.74, 6) is 0. The van der Waals surface area contributed by atoms with Gasteiger partial charge in [-0.2, -0.15) is 5.10 Å². The van der Waals surface area contributed by atoms with E-state index in [0.29, 0.717) is 0 Å². The fourth-order valence-electron chi connectivity index (χ4n) is 2.37. The summed E-state index contributed by atoms with van der Waals surface area (Å²) in [5, 5.41) is 9.82. The lowest BCUT2D eigenvalue weighted by atomic mass is 10.1. The Kier molecular flexibility index (Phi) is 1.83. The number of aromatic nitrogens is 3. The fourth-order valence-corrected chi connectivity index (χ4v) is 2.37. The lowest BCUT2D eigenvalue weighted by Crippen LogP contribution is -1.77. The minimum absolute atomic E-state index is 0.974. The van der Waals surface area contributed by atoms with Gasteiger partial charge in [0.2, 0.25) is 0 Å². The van der Waals surface area contributed by atoms with Gasteiger partial charge in [0.15, 0.2) is 0 Å². The summed E-state index contributed by atoms with van der Waals surface area (Å²) < 4.78 is 0. The van der Waals surface area contributed by atoms with Crippen molar-refractivity contribution in [3.8, 4) is 11.4 Å². The van der Waals surface area contributed by atoms with Crippen LogP contribution < -0.4 is 0 Å². The predicted molar refractivity (Wildman–Crippen MR) is 73.4 cm³/mol. The number of aromatic amines is 2. The molecule has 0 atom stereocenters. The van der Waals surface area contributed by atoms with E-state index >= 15 is 0 Å². The van der Waals surface area contributed by atoms with Gasteiger partial charge in [-0.05, 0) is 18.2 Å². The van der Waals surface area contributed by atoms with Crippen molar-refractivity contribution in [3.05, 3.63) is 54.6 Å². The minimum atomic E-state index is 0.974. The highest BCUT2D eigenvalue weighted by atomic mass is 15.1. The molecule has 0 bridgehead atoms. The fraction of sp³-hybridized carbons (Fsp3) is 0. The summed E-state index contributed by atoms with van der Waals surface area (Å²) in [4.78, 5) is 3.41. The van der Waals surface area contributed by atoms with Crippen molar-refractivity contribution < 1.29 is 0 Å². The van der Waals surface area contributed by atoms with E-state index in [0.717, 1.165) is 27.8 Å². The first-order chi connectivity index (χ1) is 8.92. The highest BCUT2D eigenvalue weighted by Gasteiger charge is 2.09. The van der Waals surface area contributed by atoms with Crippen LogP contribution >= 0.6 is 0 Å². The Labute approximate surface area is 103 Å². The highest BCUT2D eigenvalue weighted by molar-refractivity contribution is 5.95. The monoisotopic (exact) mass is 233 g/mol. The van der Waals surface area contributed by atoms with Gasteiger partial charge in [-0.15, -0.1) is 0 Å². The highest BCUT2D eigenvalue weighted by Crippen LogP contribution is 2.28. The van der Waals surface area contributed by atoms with Crippen LogP contribution in [-0.4, -0.2) is 15.2 Å². The molecule has 0 aliphatic rings. The van der Waals surface area contributed by atoms with Crippen LogP contribution in [0.15, 0.2) is 54.6 Å². The zero-order valence-corrected chi connectivity index (χ0v) is 9.64. The van der Waals surface area contributed by atoms with E-state index in [-0.39, 0.29) is 0 Å².